The van der Waals surface area contributed by atoms with Gasteiger partial charge in [-0.2, -0.15) is 64.8 Å². The minimum Gasteiger partial charge on any atom is -1.00 e. The minimum atomic E-state index is -9.45. The summed E-state index contributed by atoms with van der Waals surface area (Å²) in [6.07, 6.45) is -8.32. The Balaban J connectivity index is -0.000000104. The van der Waals surface area contributed by atoms with Crippen LogP contribution in [0, 0.1) is 0 Å². The van der Waals surface area contributed by atoms with Crippen molar-refractivity contribution in [3.63, 3.8) is 0 Å². The molecule has 0 aliphatic rings. The second-order valence-electron chi connectivity index (χ2n) is 17.6. The van der Waals surface area contributed by atoms with Gasteiger partial charge in [-0.05, 0) is 57.8 Å². The third-order valence-electron chi connectivity index (χ3n) is 9.57. The van der Waals surface area contributed by atoms with Crippen molar-refractivity contribution in [2.24, 2.45) is 0 Å². The normalized spacial score (nSPS) is 12.9. The van der Waals surface area contributed by atoms with E-state index in [4.69, 9.17) is 23.1 Å². The maximum absolute atomic E-state index is 12.1. The maximum Gasteiger partial charge on any atom is 1.00 e. The number of hydrogen-bond donors (Lipinski definition) is 3. The maximum atomic E-state index is 12.1. The number of esters is 4. The Morgan fingerprint density at radius 2 is 0.764 bits per heavy atom. The zero-order valence-electron chi connectivity index (χ0n) is 52.9. The van der Waals surface area contributed by atoms with Crippen molar-refractivity contribution in [3.05, 3.63) is 11.5 Å². The third kappa shape index (κ3) is 95.0. The number of alkyl halides is 9. The molecule has 0 saturated carbocycles. The van der Waals surface area contributed by atoms with Gasteiger partial charge in [0.15, 0.2) is 0 Å². The molecule has 0 aromatic heterocycles. The van der Waals surface area contributed by atoms with Gasteiger partial charge in [0.1, 0.15) is 43.7 Å². The van der Waals surface area contributed by atoms with Crippen LogP contribution in [0.4, 0.5) is 58.9 Å². The van der Waals surface area contributed by atoms with Gasteiger partial charge in [-0.1, -0.05) is 70.5 Å². The first-order valence-electron chi connectivity index (χ1n) is 25.2. The number of halogens is 14. The zero-order valence-corrected chi connectivity index (χ0v) is 62.0. The molecule has 0 rings (SSSR count). The average molecular weight is 1480 g/mol. The van der Waals surface area contributed by atoms with E-state index in [0.717, 1.165) is 25.9 Å². The number of unbranched alkanes of at least 4 members (excludes halogenated alkanes) is 12. The summed E-state index contributed by atoms with van der Waals surface area (Å²) in [5.41, 5.74) is 0. The van der Waals surface area contributed by atoms with Gasteiger partial charge in [0, 0.05) is 52.6 Å². The minimum absolute atomic E-state index is 0. The summed E-state index contributed by atoms with van der Waals surface area (Å²) in [6, 6.07) is 0. The van der Waals surface area contributed by atoms with Crippen LogP contribution in [0.25, 0.3) is 0 Å². The van der Waals surface area contributed by atoms with Gasteiger partial charge in [0.25, 0.3) is 30.4 Å². The van der Waals surface area contributed by atoms with Crippen LogP contribution in [0.3, 0.4) is 0 Å². The van der Waals surface area contributed by atoms with Crippen molar-refractivity contribution in [2.75, 3.05) is 82.9 Å². The van der Waals surface area contributed by atoms with E-state index in [2.05, 4.69) is 18.9 Å². The first-order valence-corrected chi connectivity index (χ1v) is 33.7. The molecule has 3 N–H and O–H groups in total. The second kappa shape index (κ2) is 52.6. The average Bonchev–Trinajstić information content (AvgIpc) is 3.28. The van der Waals surface area contributed by atoms with Crippen LogP contribution in [0.5, 0.6) is 0 Å². The monoisotopic (exact) mass is 1480 g/mol. The van der Waals surface area contributed by atoms with Crippen molar-refractivity contribution in [1.29, 1.82) is 0 Å². The van der Waals surface area contributed by atoms with Gasteiger partial charge < -0.3 is 37.3 Å². The quantitative estimate of drug-likeness (QED) is 0.0116. The molecule has 0 radical (unpaired) electrons. The molecule has 0 fully saturated rings. The molecule has 0 unspecified atom stereocenters. The van der Waals surface area contributed by atoms with Gasteiger partial charge in [-0.25, -0.2) is 8.42 Å². The Morgan fingerprint density at radius 1 is 0.461 bits per heavy atom. The Bertz CT molecular complexity index is 2390. The fourth-order valence-corrected chi connectivity index (χ4v) is 7.23. The van der Waals surface area contributed by atoms with E-state index < -0.39 is 166 Å². The molecule has 0 aliphatic carbocycles. The largest absolute Gasteiger partial charge is 1.00 e. The Morgan fingerprint density at radius 3 is 1.07 bits per heavy atom. The van der Waals surface area contributed by atoms with Crippen LogP contribution in [-0.2, 0) is 88.1 Å². The molecule has 89 heavy (non-hydrogen) atoms. The van der Waals surface area contributed by atoms with Crippen molar-refractivity contribution in [3.8, 4) is 0 Å². The van der Waals surface area contributed by atoms with Crippen LogP contribution in [-0.4, -0.2) is 182 Å². The molecule has 0 aromatic rings. The summed E-state index contributed by atoms with van der Waals surface area (Å²) in [4.78, 5) is 42.8. The van der Waals surface area contributed by atoms with Crippen molar-refractivity contribution >= 4 is 74.6 Å². The summed E-state index contributed by atoms with van der Waals surface area (Å²) >= 11 is 0. The number of methoxy groups -OCH3 is 1. The molecule has 0 atom stereocenters. The molecule has 0 bridgehead atoms. The molecule has 0 aliphatic heterocycles. The third-order valence-corrected chi connectivity index (χ3v) is 13.0. The number of ether oxygens (including phenoxy) is 6. The van der Waals surface area contributed by atoms with Gasteiger partial charge in [-0.3, -0.25) is 32.8 Å². The Kier molecular flexibility index (Phi) is 62.4. The summed E-state index contributed by atoms with van der Waals surface area (Å²) in [7, 11) is -24.7. The summed E-state index contributed by atoms with van der Waals surface area (Å²) < 4.78 is 313. The predicted octanol–water partition coefficient (Wildman–Crippen LogP) is -1.75. The molecule has 0 aromatic carbocycles. The number of carbonyl (C=O) groups excluding carboxylic acids is 4. The van der Waals surface area contributed by atoms with Crippen LogP contribution < -0.4 is 118 Å². The molecule has 0 saturated heterocycles. The van der Waals surface area contributed by atoms with Crippen molar-refractivity contribution in [2.45, 2.75) is 154 Å². The molecule has 518 valence electrons. The SMILES string of the molecule is COCCCCCCC(=O)OCCS(=O)(=O)O.O=C(CCCCCCC/C=C/S(F)(F)(F)(F)F)OCCS(=O)(=O)O.O=C(CCCCCCOCCC(F)(F)F)OCCS(=O)(=O)O.O=C(CCCCN(C(F)(F)F)C(F)(F)F)OCCS(=O)(=O)[O-].[H-].[H-].[H-].[Na+].[Na+].[Na+].[Na+]. The smallest absolute Gasteiger partial charge is 1.00 e. The van der Waals surface area contributed by atoms with E-state index in [1.807, 2.05) is 0 Å². The molecule has 23 nitrogen and oxygen atoms in total. The van der Waals surface area contributed by atoms with Gasteiger partial charge in [0.2, 0.25) is 0 Å². The van der Waals surface area contributed by atoms with Crippen molar-refractivity contribution in [1.82, 2.24) is 4.90 Å². The zero-order chi connectivity index (χ0) is 66.8. The molecular weight excluding hydrogens is 1400 g/mol. The molecule has 0 heterocycles. The fraction of sp³-hybridized carbons (Fsp3) is 0.860. The van der Waals surface area contributed by atoms with Crippen molar-refractivity contribution < 1.29 is 281 Å². The molecule has 0 amide bonds. The predicted molar refractivity (Wildman–Crippen MR) is 278 cm³/mol. The summed E-state index contributed by atoms with van der Waals surface area (Å²) in [5.74, 6) is -5.43. The van der Waals surface area contributed by atoms with Crippen LogP contribution >= 0.6 is 10.2 Å². The first-order chi connectivity index (χ1) is 38.4. The Labute approximate surface area is 602 Å². The van der Waals surface area contributed by atoms with E-state index in [1.165, 1.54) is 0 Å². The standard InChI is InChI=1S/C12H21F5O5S2.C12H21F3O6S.C10H20O6S.C9H13F6NO5S.4Na.3H/c13-24(14,15,16,17)11-7-5-3-1-2-4-6-8-12(18)22-9-10-23(19,20)21;13-12(14,15)6-8-20-7-4-2-1-3-5-11(16)21-9-10-22(17,18)19;1-15-7-5-3-2-4-6-10(11)16-8-9-17(12,13)14;10-8(11,12)16(9(13,14)15)4-2-1-3-7(17)21-5-6-22(18,19)20;;;;;;;/h7,11H,1-6,8-10H2,(H,19,20,21);1-10H2,(H,17,18,19);2-9H2,1H3,(H,12,13,14);1-6H2,(H,18,19,20);;;;;;;/q;;;;4*+1;3*-1/p-1/b11-7+;;;;;;;;;;. The number of nitrogens with zero attached hydrogens (tertiary/aromatic N) is 1. The molecule has 46 heteroatoms. The number of allylic oxidation sites excluding steroid dienone is 1. The van der Waals surface area contributed by atoms with Crippen LogP contribution in [0.2, 0.25) is 0 Å². The van der Waals surface area contributed by atoms with Crippen LogP contribution in [0.1, 0.15) is 139 Å². The van der Waals surface area contributed by atoms with Crippen LogP contribution in [0.15, 0.2) is 11.5 Å². The van der Waals surface area contributed by atoms with E-state index in [0.29, 0.717) is 70.3 Å². The molecular formula is C43H77F14NNa4O22S5. The second-order valence-corrected chi connectivity index (χ2v) is 26.1. The fourth-order valence-electron chi connectivity index (χ4n) is 5.56. The number of rotatable bonds is 42. The number of hydrogen-bond acceptors (Lipinski definition) is 20. The number of carbonyl (C=O) groups is 4. The van der Waals surface area contributed by atoms with Gasteiger partial charge >= 0.3 is 171 Å². The Hall–Kier alpha value is 0.510. The summed E-state index contributed by atoms with van der Waals surface area (Å²) in [6.45, 7) is -2.59. The first kappa shape index (κ1) is 106. The van der Waals surface area contributed by atoms with E-state index in [9.17, 15) is 116 Å². The topological polar surface area (TPSA) is 347 Å². The molecule has 0 spiro atoms. The van der Waals surface area contributed by atoms with E-state index >= 15 is 0 Å². The van der Waals surface area contributed by atoms with E-state index in [-0.39, 0.29) is 181 Å². The van der Waals surface area contributed by atoms with Gasteiger partial charge in [-0.15, -0.1) is 4.90 Å². The van der Waals surface area contributed by atoms with Gasteiger partial charge in [0.05, 0.1) is 34.3 Å². The van der Waals surface area contributed by atoms with E-state index in [1.54, 1.807) is 7.11 Å². The summed E-state index contributed by atoms with van der Waals surface area (Å²) in [5, 5.41) is -0.942.